The molecule has 1 aliphatic heterocycles. The van der Waals surface area contributed by atoms with E-state index < -0.39 is 0 Å². The molecule has 2 rings (SSSR count). The van der Waals surface area contributed by atoms with Crippen LogP contribution in [0, 0.1) is 5.41 Å². The summed E-state index contributed by atoms with van der Waals surface area (Å²) in [6.07, 6.45) is 4.78. The van der Waals surface area contributed by atoms with Gasteiger partial charge in [0, 0.05) is 0 Å². The number of carbonyl (C=O) groups excluding carboxylic acids is 1. The van der Waals surface area contributed by atoms with Crippen molar-refractivity contribution in [1.82, 2.24) is 5.32 Å². The molecule has 1 unspecified atom stereocenters. The number of nitrogens with two attached hydrogens (primary N) is 1. The highest BCUT2D eigenvalue weighted by atomic mass is 16.1. The third-order valence-corrected chi connectivity index (χ3v) is 3.22. The fourth-order valence-electron chi connectivity index (χ4n) is 2.40. The number of primary amides is 1. The highest BCUT2D eigenvalue weighted by Crippen LogP contribution is 2.49. The Balaban J connectivity index is 2.13. The number of hydrogen-bond donors (Lipinski definition) is 2. The second-order valence-electron chi connectivity index (χ2n) is 3.76. The molecule has 1 saturated carbocycles. The van der Waals surface area contributed by atoms with Crippen LogP contribution in [-0.2, 0) is 4.79 Å². The second kappa shape index (κ2) is 2.21. The zero-order valence-corrected chi connectivity index (χ0v) is 6.60. The number of amides is 1. The van der Waals surface area contributed by atoms with Gasteiger partial charge in [0.05, 0.1) is 6.04 Å². The third kappa shape index (κ3) is 0.872. The van der Waals surface area contributed by atoms with Gasteiger partial charge in [0.15, 0.2) is 0 Å². The van der Waals surface area contributed by atoms with E-state index in [2.05, 4.69) is 5.32 Å². The minimum absolute atomic E-state index is 0.0313. The Morgan fingerprint density at radius 3 is 2.55 bits per heavy atom. The average molecular weight is 154 g/mol. The van der Waals surface area contributed by atoms with E-state index in [1.807, 2.05) is 0 Å². The fraction of sp³-hybridized carbons (Fsp3) is 0.875. The summed E-state index contributed by atoms with van der Waals surface area (Å²) in [6, 6.07) is -0.0313. The third-order valence-electron chi connectivity index (χ3n) is 3.22. The molecule has 3 N–H and O–H groups in total. The summed E-state index contributed by atoms with van der Waals surface area (Å²) in [5, 5.41) is 3.17. The fourth-order valence-corrected chi connectivity index (χ4v) is 2.40. The number of nitrogens with one attached hydrogen (secondary N) is 1. The van der Waals surface area contributed by atoms with Gasteiger partial charge in [0.1, 0.15) is 0 Å². The van der Waals surface area contributed by atoms with E-state index in [1.165, 1.54) is 19.3 Å². The van der Waals surface area contributed by atoms with E-state index >= 15 is 0 Å². The Morgan fingerprint density at radius 1 is 1.45 bits per heavy atom. The molecule has 1 aliphatic carbocycles. The first-order chi connectivity index (χ1) is 5.25. The molecule has 62 valence electrons. The molecule has 11 heavy (non-hydrogen) atoms. The van der Waals surface area contributed by atoms with Gasteiger partial charge in [-0.15, -0.1) is 0 Å². The molecule has 0 aromatic rings. The lowest BCUT2D eigenvalue weighted by Crippen LogP contribution is -2.50. The van der Waals surface area contributed by atoms with Crippen molar-refractivity contribution in [3.05, 3.63) is 0 Å². The zero-order chi connectivity index (χ0) is 7.90. The topological polar surface area (TPSA) is 55.1 Å². The largest absolute Gasteiger partial charge is 0.368 e. The molecule has 1 atom stereocenters. The zero-order valence-electron chi connectivity index (χ0n) is 6.60. The molecule has 2 fully saturated rings. The number of hydrogen-bond acceptors (Lipinski definition) is 2. The Labute approximate surface area is 66.3 Å². The van der Waals surface area contributed by atoms with Crippen molar-refractivity contribution in [1.29, 1.82) is 0 Å². The van der Waals surface area contributed by atoms with Crippen molar-refractivity contribution < 1.29 is 4.79 Å². The molecule has 0 radical (unpaired) electrons. The van der Waals surface area contributed by atoms with E-state index in [1.54, 1.807) is 0 Å². The Bertz CT molecular complexity index is 187. The van der Waals surface area contributed by atoms with Crippen molar-refractivity contribution in [3.8, 4) is 0 Å². The number of rotatable bonds is 1. The summed E-state index contributed by atoms with van der Waals surface area (Å²) in [4.78, 5) is 11.0. The SMILES string of the molecule is NC(=O)C1NCCC12CCC2. The van der Waals surface area contributed by atoms with Crippen LogP contribution in [0.15, 0.2) is 0 Å². The maximum Gasteiger partial charge on any atom is 0.235 e. The normalized spacial score (nSPS) is 33.6. The minimum Gasteiger partial charge on any atom is -0.368 e. The van der Waals surface area contributed by atoms with Crippen molar-refractivity contribution in [2.24, 2.45) is 11.1 Å². The van der Waals surface area contributed by atoms with Crippen LogP contribution >= 0.6 is 0 Å². The lowest BCUT2D eigenvalue weighted by molar-refractivity contribution is -0.123. The first-order valence-corrected chi connectivity index (χ1v) is 4.27. The van der Waals surface area contributed by atoms with Crippen molar-refractivity contribution in [2.45, 2.75) is 31.7 Å². The summed E-state index contributed by atoms with van der Waals surface area (Å²) in [5.41, 5.74) is 5.55. The lowest BCUT2D eigenvalue weighted by Gasteiger charge is -2.41. The van der Waals surface area contributed by atoms with Crippen LogP contribution < -0.4 is 11.1 Å². The van der Waals surface area contributed by atoms with Gasteiger partial charge in [-0.3, -0.25) is 4.79 Å². The highest BCUT2D eigenvalue weighted by Gasteiger charge is 2.49. The number of carbonyl (C=O) groups is 1. The summed E-state index contributed by atoms with van der Waals surface area (Å²) < 4.78 is 0. The quantitative estimate of drug-likeness (QED) is 0.558. The molecule has 1 saturated heterocycles. The van der Waals surface area contributed by atoms with Gasteiger partial charge in [-0.2, -0.15) is 0 Å². The molecule has 2 aliphatic rings. The van der Waals surface area contributed by atoms with Crippen LogP contribution in [0.1, 0.15) is 25.7 Å². The van der Waals surface area contributed by atoms with Gasteiger partial charge < -0.3 is 11.1 Å². The molecule has 0 aromatic carbocycles. The Morgan fingerprint density at radius 2 is 2.18 bits per heavy atom. The summed E-state index contributed by atoms with van der Waals surface area (Å²) in [5.74, 6) is -0.165. The summed E-state index contributed by atoms with van der Waals surface area (Å²) in [6.45, 7) is 0.966. The molecule has 3 nitrogen and oxygen atoms in total. The van der Waals surface area contributed by atoms with Gasteiger partial charge in [-0.25, -0.2) is 0 Å². The van der Waals surface area contributed by atoms with Gasteiger partial charge in [0.2, 0.25) is 5.91 Å². The predicted octanol–water partition coefficient (Wildman–Crippen LogP) is 0.00390. The maximum absolute atomic E-state index is 11.0. The van der Waals surface area contributed by atoms with Crippen LogP contribution in [0.25, 0.3) is 0 Å². The van der Waals surface area contributed by atoms with E-state index in [0.29, 0.717) is 0 Å². The standard InChI is InChI=1S/C8H14N2O/c9-7(11)6-8(2-1-3-8)4-5-10-6/h6,10H,1-5H2,(H2,9,11). The molecular formula is C8H14N2O. The molecule has 0 aromatic heterocycles. The van der Waals surface area contributed by atoms with Gasteiger partial charge >= 0.3 is 0 Å². The van der Waals surface area contributed by atoms with Crippen LogP contribution in [0.4, 0.5) is 0 Å². The monoisotopic (exact) mass is 154 g/mol. The van der Waals surface area contributed by atoms with Crippen molar-refractivity contribution >= 4 is 5.91 Å². The first kappa shape index (κ1) is 7.10. The smallest absolute Gasteiger partial charge is 0.235 e. The van der Waals surface area contributed by atoms with Crippen LogP contribution in [-0.4, -0.2) is 18.5 Å². The molecule has 1 amide bonds. The molecule has 0 bridgehead atoms. The van der Waals surface area contributed by atoms with Crippen LogP contribution in [0.3, 0.4) is 0 Å². The van der Waals surface area contributed by atoms with Gasteiger partial charge in [-0.1, -0.05) is 6.42 Å². The average Bonchev–Trinajstić information content (AvgIpc) is 2.27. The van der Waals surface area contributed by atoms with Crippen LogP contribution in [0.2, 0.25) is 0 Å². The first-order valence-electron chi connectivity index (χ1n) is 4.27. The van der Waals surface area contributed by atoms with E-state index in [-0.39, 0.29) is 17.4 Å². The molecule has 3 heteroatoms. The summed E-state index contributed by atoms with van der Waals surface area (Å²) in [7, 11) is 0. The van der Waals surface area contributed by atoms with Crippen LogP contribution in [0.5, 0.6) is 0 Å². The predicted molar refractivity (Wildman–Crippen MR) is 41.9 cm³/mol. The van der Waals surface area contributed by atoms with Gasteiger partial charge in [0.25, 0.3) is 0 Å². The highest BCUT2D eigenvalue weighted by molar-refractivity contribution is 5.81. The Hall–Kier alpha value is -0.570. The minimum atomic E-state index is -0.165. The van der Waals surface area contributed by atoms with E-state index in [4.69, 9.17) is 5.73 Å². The molecular weight excluding hydrogens is 140 g/mol. The lowest BCUT2D eigenvalue weighted by atomic mass is 9.64. The van der Waals surface area contributed by atoms with E-state index in [9.17, 15) is 4.79 Å². The Kier molecular flexibility index (Phi) is 1.42. The van der Waals surface area contributed by atoms with E-state index in [0.717, 1.165) is 13.0 Å². The molecule has 1 spiro atoms. The molecule has 1 heterocycles. The van der Waals surface area contributed by atoms with Crippen molar-refractivity contribution in [3.63, 3.8) is 0 Å². The second-order valence-corrected chi connectivity index (χ2v) is 3.76. The van der Waals surface area contributed by atoms with Gasteiger partial charge in [-0.05, 0) is 31.2 Å². The maximum atomic E-state index is 11.0. The summed E-state index contributed by atoms with van der Waals surface area (Å²) >= 11 is 0. The van der Waals surface area contributed by atoms with Crippen molar-refractivity contribution in [2.75, 3.05) is 6.54 Å².